The number of carbonyl (C=O) groups is 1. The molecule has 19 heavy (non-hydrogen) atoms. The molecule has 0 atom stereocenters. The van der Waals surface area contributed by atoms with Crippen LogP contribution in [0.3, 0.4) is 0 Å². The molecule has 2 aromatic rings. The van der Waals surface area contributed by atoms with Crippen LogP contribution in [0.2, 0.25) is 0 Å². The van der Waals surface area contributed by atoms with Gasteiger partial charge in [-0.3, -0.25) is 0 Å². The zero-order chi connectivity index (χ0) is 14.0. The van der Waals surface area contributed by atoms with E-state index in [4.69, 9.17) is 10.4 Å². The van der Waals surface area contributed by atoms with Crippen LogP contribution in [0.5, 0.6) is 0 Å². The summed E-state index contributed by atoms with van der Waals surface area (Å²) in [6.07, 6.45) is 1.46. The van der Waals surface area contributed by atoms with E-state index in [2.05, 4.69) is 15.9 Å². The number of hydrogen-bond donors (Lipinski definition) is 1. The van der Waals surface area contributed by atoms with Crippen LogP contribution < -0.4 is 0 Å². The molecule has 0 amide bonds. The molecule has 0 fully saturated rings. The van der Waals surface area contributed by atoms with Gasteiger partial charge >= 0.3 is 5.97 Å². The Hall–Kier alpha value is -2.13. The molecule has 0 aliphatic heterocycles. The Labute approximate surface area is 116 Å². The Morgan fingerprint density at radius 3 is 2.79 bits per heavy atom. The van der Waals surface area contributed by atoms with Crippen LogP contribution >= 0.6 is 15.9 Å². The standard InChI is InChI=1S/C13H8BrFN2O2/c14-12-4-10(13(18)19)7-17(12)6-8-1-2-11(15)3-9(8)5-16/h1-4,7H,6H2,(H,18,19). The molecule has 1 heterocycles. The van der Waals surface area contributed by atoms with E-state index in [0.717, 1.165) is 6.07 Å². The third-order valence-electron chi connectivity index (χ3n) is 2.62. The van der Waals surface area contributed by atoms with Crippen molar-refractivity contribution >= 4 is 21.9 Å². The van der Waals surface area contributed by atoms with Crippen molar-refractivity contribution in [3.8, 4) is 6.07 Å². The summed E-state index contributed by atoms with van der Waals surface area (Å²) in [5.41, 5.74) is 1.00. The number of benzene rings is 1. The smallest absolute Gasteiger partial charge is 0.337 e. The van der Waals surface area contributed by atoms with Gasteiger partial charge in [-0.25, -0.2) is 9.18 Å². The first-order valence-electron chi connectivity index (χ1n) is 5.28. The van der Waals surface area contributed by atoms with Crippen LogP contribution in [0.25, 0.3) is 0 Å². The highest BCUT2D eigenvalue weighted by Gasteiger charge is 2.11. The Bertz CT molecular complexity index is 688. The van der Waals surface area contributed by atoms with Gasteiger partial charge in [0.05, 0.1) is 21.8 Å². The van der Waals surface area contributed by atoms with Crippen molar-refractivity contribution in [3.05, 3.63) is 57.6 Å². The van der Waals surface area contributed by atoms with Crippen molar-refractivity contribution in [1.82, 2.24) is 4.57 Å². The highest BCUT2D eigenvalue weighted by Crippen LogP contribution is 2.19. The molecule has 4 nitrogen and oxygen atoms in total. The van der Waals surface area contributed by atoms with E-state index in [0.29, 0.717) is 10.2 Å². The van der Waals surface area contributed by atoms with Crippen LogP contribution in [0.1, 0.15) is 21.5 Å². The summed E-state index contributed by atoms with van der Waals surface area (Å²) in [4.78, 5) is 10.9. The maximum atomic E-state index is 13.0. The molecule has 0 aliphatic carbocycles. The lowest BCUT2D eigenvalue weighted by Crippen LogP contribution is -2.02. The number of carboxylic acids is 1. The van der Waals surface area contributed by atoms with Gasteiger partial charge in [-0.1, -0.05) is 6.07 Å². The highest BCUT2D eigenvalue weighted by molar-refractivity contribution is 9.10. The van der Waals surface area contributed by atoms with Crippen molar-refractivity contribution in [3.63, 3.8) is 0 Å². The van der Waals surface area contributed by atoms with Crippen LogP contribution in [-0.4, -0.2) is 15.6 Å². The molecule has 0 radical (unpaired) electrons. The van der Waals surface area contributed by atoms with Gasteiger partial charge in [0.2, 0.25) is 0 Å². The number of hydrogen-bond acceptors (Lipinski definition) is 2. The van der Waals surface area contributed by atoms with E-state index in [-0.39, 0.29) is 17.7 Å². The quantitative estimate of drug-likeness (QED) is 0.944. The molecule has 0 saturated heterocycles. The third kappa shape index (κ3) is 2.83. The van der Waals surface area contributed by atoms with Crippen LogP contribution in [0.4, 0.5) is 4.39 Å². The summed E-state index contributed by atoms with van der Waals surface area (Å²) >= 11 is 3.25. The van der Waals surface area contributed by atoms with Crippen molar-refractivity contribution in [2.45, 2.75) is 6.54 Å². The number of carboxylic acid groups (broad SMARTS) is 1. The fourth-order valence-electron chi connectivity index (χ4n) is 1.69. The van der Waals surface area contributed by atoms with Gasteiger partial charge in [0, 0.05) is 12.7 Å². The van der Waals surface area contributed by atoms with E-state index >= 15 is 0 Å². The summed E-state index contributed by atoms with van der Waals surface area (Å²) in [5, 5.41) is 17.8. The normalized spacial score (nSPS) is 10.2. The molecule has 2 rings (SSSR count). The number of nitrogens with zero attached hydrogens (tertiary/aromatic N) is 2. The molecule has 1 aromatic heterocycles. The minimum atomic E-state index is -1.03. The summed E-state index contributed by atoms with van der Waals surface area (Å²) in [5.74, 6) is -1.50. The van der Waals surface area contributed by atoms with Crippen LogP contribution in [0.15, 0.2) is 35.1 Å². The van der Waals surface area contributed by atoms with E-state index in [1.807, 2.05) is 6.07 Å². The molecule has 0 aliphatic rings. The maximum Gasteiger partial charge on any atom is 0.337 e. The first-order chi connectivity index (χ1) is 9.01. The van der Waals surface area contributed by atoms with E-state index in [1.165, 1.54) is 24.4 Å². The van der Waals surface area contributed by atoms with Crippen molar-refractivity contribution in [2.24, 2.45) is 0 Å². The summed E-state index contributed by atoms with van der Waals surface area (Å²) < 4.78 is 15.2. The molecular weight excluding hydrogens is 315 g/mol. The van der Waals surface area contributed by atoms with E-state index in [1.54, 1.807) is 4.57 Å². The number of rotatable bonds is 3. The molecule has 0 saturated carbocycles. The largest absolute Gasteiger partial charge is 0.478 e. The lowest BCUT2D eigenvalue weighted by molar-refractivity contribution is 0.0697. The summed E-state index contributed by atoms with van der Waals surface area (Å²) in [6.45, 7) is 0.289. The van der Waals surface area contributed by atoms with Crippen molar-refractivity contribution in [1.29, 1.82) is 5.26 Å². The highest BCUT2D eigenvalue weighted by atomic mass is 79.9. The number of nitriles is 1. The molecule has 0 spiro atoms. The van der Waals surface area contributed by atoms with Crippen molar-refractivity contribution < 1.29 is 14.3 Å². The third-order valence-corrected chi connectivity index (χ3v) is 3.31. The van der Waals surface area contributed by atoms with E-state index in [9.17, 15) is 9.18 Å². The fourth-order valence-corrected chi connectivity index (χ4v) is 2.16. The van der Waals surface area contributed by atoms with E-state index < -0.39 is 11.8 Å². The monoisotopic (exact) mass is 322 g/mol. The zero-order valence-corrected chi connectivity index (χ0v) is 11.2. The Morgan fingerprint density at radius 1 is 1.47 bits per heavy atom. The lowest BCUT2D eigenvalue weighted by atomic mass is 10.1. The Kier molecular flexibility index (Phi) is 3.67. The lowest BCUT2D eigenvalue weighted by Gasteiger charge is -2.07. The minimum absolute atomic E-state index is 0.146. The Morgan fingerprint density at radius 2 is 2.21 bits per heavy atom. The number of aromatic nitrogens is 1. The van der Waals surface area contributed by atoms with Gasteiger partial charge in [-0.2, -0.15) is 5.26 Å². The van der Waals surface area contributed by atoms with Crippen LogP contribution in [0, 0.1) is 17.1 Å². The first kappa shape index (κ1) is 13.3. The predicted molar refractivity (Wildman–Crippen MR) is 69.3 cm³/mol. The maximum absolute atomic E-state index is 13.0. The SMILES string of the molecule is N#Cc1cc(F)ccc1Cn1cc(C(=O)O)cc1Br. The first-order valence-corrected chi connectivity index (χ1v) is 6.08. The van der Waals surface area contributed by atoms with Crippen LogP contribution in [-0.2, 0) is 6.54 Å². The molecule has 0 bridgehead atoms. The average Bonchev–Trinajstić information content (AvgIpc) is 2.73. The average molecular weight is 323 g/mol. The molecular formula is C13H8BrFN2O2. The molecule has 96 valence electrons. The van der Waals surface area contributed by atoms with Gasteiger partial charge in [0.15, 0.2) is 0 Å². The van der Waals surface area contributed by atoms with Gasteiger partial charge in [0.25, 0.3) is 0 Å². The zero-order valence-electron chi connectivity index (χ0n) is 9.60. The summed E-state index contributed by atoms with van der Waals surface area (Å²) in [6, 6.07) is 7.33. The Balaban J connectivity index is 2.37. The summed E-state index contributed by atoms with van der Waals surface area (Å²) in [7, 11) is 0. The molecule has 0 unspecified atom stereocenters. The second kappa shape index (κ2) is 5.24. The topological polar surface area (TPSA) is 66.0 Å². The van der Waals surface area contributed by atoms with Crippen molar-refractivity contribution in [2.75, 3.05) is 0 Å². The predicted octanol–water partition coefficient (Wildman–Crippen LogP) is 3.01. The van der Waals surface area contributed by atoms with Gasteiger partial charge < -0.3 is 9.67 Å². The number of aromatic carboxylic acids is 1. The van der Waals surface area contributed by atoms with Gasteiger partial charge in [-0.15, -0.1) is 0 Å². The number of halogens is 2. The minimum Gasteiger partial charge on any atom is -0.478 e. The molecule has 6 heteroatoms. The molecule has 1 N–H and O–H groups in total. The fraction of sp³-hybridized carbons (Fsp3) is 0.0769. The van der Waals surface area contributed by atoms with Gasteiger partial charge in [-0.05, 0) is 39.7 Å². The second-order valence-electron chi connectivity index (χ2n) is 3.90. The second-order valence-corrected chi connectivity index (χ2v) is 4.71. The molecule has 1 aromatic carbocycles. The van der Waals surface area contributed by atoms with Gasteiger partial charge in [0.1, 0.15) is 5.82 Å².